The van der Waals surface area contributed by atoms with Gasteiger partial charge in [-0.15, -0.1) is 0 Å². The largest absolute Gasteiger partial charge is 0.490 e. The molecule has 0 aliphatic carbocycles. The van der Waals surface area contributed by atoms with E-state index < -0.39 is 0 Å². The number of ether oxygens (including phenoxy) is 1. The zero-order chi connectivity index (χ0) is 20.4. The highest BCUT2D eigenvalue weighted by molar-refractivity contribution is 8.18. The highest BCUT2D eigenvalue weighted by Crippen LogP contribution is 2.35. The minimum absolute atomic E-state index is 0.0281. The zero-order valence-corrected chi connectivity index (χ0v) is 17.6. The van der Waals surface area contributed by atoms with Crippen molar-refractivity contribution in [3.8, 4) is 5.75 Å². The molecule has 1 fully saturated rings. The number of rotatable bonds is 4. The number of hydrogen-bond donors (Lipinski definition) is 1. The molecule has 0 spiro atoms. The summed E-state index contributed by atoms with van der Waals surface area (Å²) in [5.74, 6) is 0.578. The van der Waals surface area contributed by atoms with E-state index in [1.165, 1.54) is 11.8 Å². The monoisotopic (exact) mass is 422 g/mol. The Bertz CT molecular complexity index is 1140. The van der Waals surface area contributed by atoms with Crippen molar-refractivity contribution in [1.29, 1.82) is 0 Å². The summed E-state index contributed by atoms with van der Waals surface area (Å²) in [5.41, 5.74) is 1.62. The lowest BCUT2D eigenvalue weighted by molar-refractivity contribution is -0.115. The molecule has 3 aromatic carbocycles. The third-order valence-electron chi connectivity index (χ3n) is 4.28. The average molecular weight is 423 g/mol. The van der Waals surface area contributed by atoms with E-state index in [0.717, 1.165) is 27.8 Å². The zero-order valence-electron chi connectivity index (χ0n) is 16.0. The van der Waals surface area contributed by atoms with Crippen LogP contribution in [-0.2, 0) is 4.79 Å². The molecule has 0 radical (unpaired) electrons. The number of fused-ring (bicyclic) bond motifs is 1. The second-order valence-electron chi connectivity index (χ2n) is 6.82. The summed E-state index contributed by atoms with van der Waals surface area (Å²) in [6.07, 6.45) is 1.91. The maximum absolute atomic E-state index is 12.6. The molecule has 1 N–H and O–H groups in total. The van der Waals surface area contributed by atoms with Crippen LogP contribution in [0.2, 0.25) is 5.02 Å². The number of carbonyl (C=O) groups excluding carboxylic acids is 1. The molecular weight excluding hydrogens is 404 g/mol. The van der Waals surface area contributed by atoms with Crippen molar-refractivity contribution >= 4 is 57.0 Å². The van der Waals surface area contributed by atoms with Crippen LogP contribution in [0.3, 0.4) is 0 Å². The fourth-order valence-electron chi connectivity index (χ4n) is 3.03. The Kier molecular flexibility index (Phi) is 5.60. The van der Waals surface area contributed by atoms with Gasteiger partial charge in [-0.25, -0.2) is 4.99 Å². The maximum Gasteiger partial charge on any atom is 0.264 e. The molecule has 1 saturated heterocycles. The fourth-order valence-corrected chi connectivity index (χ4v) is 3.98. The quantitative estimate of drug-likeness (QED) is 0.511. The van der Waals surface area contributed by atoms with Gasteiger partial charge < -0.3 is 10.1 Å². The van der Waals surface area contributed by atoms with Crippen molar-refractivity contribution in [1.82, 2.24) is 5.32 Å². The molecule has 0 atom stereocenters. The van der Waals surface area contributed by atoms with Gasteiger partial charge in [-0.05, 0) is 72.8 Å². The van der Waals surface area contributed by atoms with Gasteiger partial charge in [0.25, 0.3) is 5.91 Å². The third kappa shape index (κ3) is 4.47. The van der Waals surface area contributed by atoms with Crippen LogP contribution in [0.4, 0.5) is 5.69 Å². The summed E-state index contributed by atoms with van der Waals surface area (Å²) >= 11 is 7.23. The van der Waals surface area contributed by atoms with E-state index in [9.17, 15) is 4.79 Å². The molecule has 4 rings (SSSR count). The second-order valence-corrected chi connectivity index (χ2v) is 8.29. The first-order valence-corrected chi connectivity index (χ1v) is 10.4. The highest BCUT2D eigenvalue weighted by atomic mass is 35.5. The normalized spacial score (nSPS) is 16.8. The lowest BCUT2D eigenvalue weighted by Crippen LogP contribution is -2.19. The number of nitrogens with zero attached hydrogens (tertiary/aromatic N) is 1. The number of nitrogens with one attached hydrogen (secondary N) is 1. The molecule has 4 nitrogen and oxygen atoms in total. The van der Waals surface area contributed by atoms with Crippen molar-refractivity contribution in [3.05, 3.63) is 76.2 Å². The number of amides is 1. The van der Waals surface area contributed by atoms with E-state index in [1.807, 2.05) is 68.5 Å². The van der Waals surface area contributed by atoms with Crippen LogP contribution in [0.15, 0.2) is 70.6 Å². The first kappa shape index (κ1) is 19.6. The van der Waals surface area contributed by atoms with Crippen LogP contribution in [0.25, 0.3) is 16.8 Å². The Morgan fingerprint density at radius 2 is 1.83 bits per heavy atom. The third-order valence-corrected chi connectivity index (χ3v) is 5.44. The summed E-state index contributed by atoms with van der Waals surface area (Å²) in [4.78, 5) is 17.6. The Balaban J connectivity index is 1.72. The first-order chi connectivity index (χ1) is 14.0. The van der Waals surface area contributed by atoms with Crippen molar-refractivity contribution in [2.24, 2.45) is 4.99 Å². The van der Waals surface area contributed by atoms with Crippen LogP contribution in [0.1, 0.15) is 19.4 Å². The summed E-state index contributed by atoms with van der Waals surface area (Å²) in [5, 5.41) is 6.14. The van der Waals surface area contributed by atoms with Crippen molar-refractivity contribution in [2.75, 3.05) is 0 Å². The Hall–Kier alpha value is -2.76. The molecule has 146 valence electrons. The number of hydrogen-bond acceptors (Lipinski definition) is 4. The summed E-state index contributed by atoms with van der Waals surface area (Å²) in [6.45, 7) is 3.97. The SMILES string of the molecule is CC(C)Oc1ccc2ccccc2c1/C=C1\SC(=Nc2ccc(Cl)cc2)NC1=O. The molecule has 6 heteroatoms. The van der Waals surface area contributed by atoms with Crippen molar-refractivity contribution in [2.45, 2.75) is 20.0 Å². The number of halogens is 1. The van der Waals surface area contributed by atoms with E-state index in [-0.39, 0.29) is 12.0 Å². The van der Waals surface area contributed by atoms with Crippen LogP contribution in [0.5, 0.6) is 5.75 Å². The minimum Gasteiger partial charge on any atom is -0.490 e. The summed E-state index contributed by atoms with van der Waals surface area (Å²) in [6, 6.07) is 19.2. The molecule has 29 heavy (non-hydrogen) atoms. The average Bonchev–Trinajstić information content (AvgIpc) is 3.04. The lowest BCUT2D eigenvalue weighted by atomic mass is 10.0. The predicted molar refractivity (Wildman–Crippen MR) is 122 cm³/mol. The van der Waals surface area contributed by atoms with Crippen LogP contribution >= 0.6 is 23.4 Å². The van der Waals surface area contributed by atoms with Gasteiger partial charge in [-0.3, -0.25) is 4.79 Å². The molecule has 0 saturated carbocycles. The number of carbonyl (C=O) groups is 1. The van der Waals surface area contributed by atoms with E-state index >= 15 is 0 Å². The topological polar surface area (TPSA) is 50.7 Å². The highest BCUT2D eigenvalue weighted by Gasteiger charge is 2.25. The predicted octanol–water partition coefficient (Wildman–Crippen LogP) is 6.17. The van der Waals surface area contributed by atoms with Gasteiger partial charge in [-0.1, -0.05) is 41.9 Å². The molecule has 1 amide bonds. The van der Waals surface area contributed by atoms with Gasteiger partial charge in [0.2, 0.25) is 0 Å². The van der Waals surface area contributed by atoms with Gasteiger partial charge in [-0.2, -0.15) is 0 Å². The Morgan fingerprint density at radius 3 is 2.59 bits per heavy atom. The number of thioether (sulfide) groups is 1. The maximum atomic E-state index is 12.6. The van der Waals surface area contributed by atoms with E-state index in [2.05, 4.69) is 10.3 Å². The molecule has 0 unspecified atom stereocenters. The van der Waals surface area contributed by atoms with Gasteiger partial charge in [0.05, 0.1) is 16.7 Å². The number of benzene rings is 3. The molecular formula is C23H19ClN2O2S. The first-order valence-electron chi connectivity index (χ1n) is 9.23. The van der Waals surface area contributed by atoms with Crippen LogP contribution in [0, 0.1) is 0 Å². The number of amidine groups is 1. The van der Waals surface area contributed by atoms with Crippen molar-refractivity contribution < 1.29 is 9.53 Å². The summed E-state index contributed by atoms with van der Waals surface area (Å²) in [7, 11) is 0. The molecule has 0 bridgehead atoms. The summed E-state index contributed by atoms with van der Waals surface area (Å²) < 4.78 is 6.00. The van der Waals surface area contributed by atoms with Crippen LogP contribution in [-0.4, -0.2) is 17.2 Å². The standard InChI is InChI=1S/C23H19ClN2O2S/c1-14(2)28-20-12-7-15-5-3-4-6-18(15)19(20)13-21-22(27)26-23(29-21)25-17-10-8-16(24)9-11-17/h3-14H,1-2H3,(H,25,26,27)/b21-13-. The molecule has 1 heterocycles. The van der Waals surface area contributed by atoms with Crippen LogP contribution < -0.4 is 10.1 Å². The smallest absolute Gasteiger partial charge is 0.264 e. The molecule has 0 aromatic heterocycles. The fraction of sp³-hybridized carbons (Fsp3) is 0.130. The van der Waals surface area contributed by atoms with Gasteiger partial charge in [0, 0.05) is 10.6 Å². The molecule has 3 aromatic rings. The van der Waals surface area contributed by atoms with Gasteiger partial charge in [0.1, 0.15) is 5.75 Å². The minimum atomic E-state index is -0.175. The molecule has 1 aliphatic heterocycles. The lowest BCUT2D eigenvalue weighted by Gasteiger charge is -2.14. The second kappa shape index (κ2) is 8.31. The van der Waals surface area contributed by atoms with E-state index in [0.29, 0.717) is 15.1 Å². The molecule has 1 aliphatic rings. The van der Waals surface area contributed by atoms with E-state index in [1.54, 1.807) is 12.1 Å². The van der Waals surface area contributed by atoms with Gasteiger partial charge in [0.15, 0.2) is 5.17 Å². The Morgan fingerprint density at radius 1 is 1.07 bits per heavy atom. The van der Waals surface area contributed by atoms with Crippen molar-refractivity contribution in [3.63, 3.8) is 0 Å². The van der Waals surface area contributed by atoms with Gasteiger partial charge >= 0.3 is 0 Å². The van der Waals surface area contributed by atoms with E-state index in [4.69, 9.17) is 16.3 Å². The number of aliphatic imine (C=N–C) groups is 1. The Labute approximate surface area is 178 Å².